The third-order valence-electron chi connectivity index (χ3n) is 5.21. The molecule has 0 aliphatic carbocycles. The molecule has 8 heteroatoms. The van der Waals surface area contributed by atoms with Gasteiger partial charge in [-0.3, -0.25) is 9.59 Å². The zero-order chi connectivity index (χ0) is 21.8. The highest BCUT2D eigenvalue weighted by Crippen LogP contribution is 2.27. The van der Waals surface area contributed by atoms with E-state index in [-0.39, 0.29) is 18.4 Å². The van der Waals surface area contributed by atoms with Crippen molar-refractivity contribution in [3.8, 4) is 11.5 Å². The van der Waals surface area contributed by atoms with Crippen LogP contribution in [0, 0.1) is 0 Å². The topological polar surface area (TPSA) is 94.5 Å². The first-order chi connectivity index (χ1) is 15.0. The van der Waals surface area contributed by atoms with Crippen LogP contribution in [0.5, 0.6) is 11.5 Å². The monoisotopic (exact) mass is 420 g/mol. The van der Waals surface area contributed by atoms with Gasteiger partial charge in [0.25, 0.3) is 5.91 Å². The molecule has 0 radical (unpaired) electrons. The summed E-state index contributed by atoms with van der Waals surface area (Å²) in [6, 6.07) is 12.5. The van der Waals surface area contributed by atoms with Gasteiger partial charge in [0.2, 0.25) is 5.91 Å². The van der Waals surface area contributed by atoms with Crippen LogP contribution in [0.4, 0.5) is 5.69 Å². The Balaban J connectivity index is 1.45. The molecule has 0 bridgehead atoms. The number of carbonyl (C=O) groups is 2. The lowest BCUT2D eigenvalue weighted by molar-refractivity contribution is -0.123. The minimum atomic E-state index is -0.430. The second kappa shape index (κ2) is 8.91. The molecule has 4 rings (SSSR count). The Bertz CT molecular complexity index is 1090. The SMILES string of the molecule is COc1ccc(C(NC(=O)COc2ccc3c(c2)CCC(=O)N3)c2nccn2C)cc1. The average molecular weight is 420 g/mol. The summed E-state index contributed by atoms with van der Waals surface area (Å²) in [6.45, 7) is -0.137. The maximum absolute atomic E-state index is 12.7. The molecule has 1 aromatic heterocycles. The summed E-state index contributed by atoms with van der Waals surface area (Å²) in [6.07, 6.45) is 4.63. The highest BCUT2D eigenvalue weighted by atomic mass is 16.5. The summed E-state index contributed by atoms with van der Waals surface area (Å²) in [7, 11) is 3.49. The van der Waals surface area contributed by atoms with Crippen molar-refractivity contribution < 1.29 is 19.1 Å². The Morgan fingerprint density at radius 3 is 2.68 bits per heavy atom. The molecule has 0 spiro atoms. The first kappa shape index (κ1) is 20.5. The highest BCUT2D eigenvalue weighted by molar-refractivity contribution is 5.94. The number of hydrogen-bond donors (Lipinski definition) is 2. The minimum Gasteiger partial charge on any atom is -0.497 e. The van der Waals surface area contributed by atoms with Crippen LogP contribution in [-0.2, 0) is 23.1 Å². The first-order valence-electron chi connectivity index (χ1n) is 9.99. The van der Waals surface area contributed by atoms with Crippen LogP contribution in [0.3, 0.4) is 0 Å². The van der Waals surface area contributed by atoms with E-state index >= 15 is 0 Å². The molecule has 1 aliphatic heterocycles. The zero-order valence-corrected chi connectivity index (χ0v) is 17.4. The van der Waals surface area contributed by atoms with E-state index in [9.17, 15) is 9.59 Å². The summed E-state index contributed by atoms with van der Waals surface area (Å²) < 4.78 is 12.8. The molecule has 31 heavy (non-hydrogen) atoms. The Morgan fingerprint density at radius 1 is 1.19 bits per heavy atom. The number of hydrogen-bond acceptors (Lipinski definition) is 5. The van der Waals surface area contributed by atoms with Gasteiger partial charge in [-0.2, -0.15) is 0 Å². The van der Waals surface area contributed by atoms with Gasteiger partial charge in [-0.15, -0.1) is 0 Å². The summed E-state index contributed by atoms with van der Waals surface area (Å²) in [4.78, 5) is 28.6. The second-order valence-electron chi connectivity index (χ2n) is 7.33. The number of nitrogens with one attached hydrogen (secondary N) is 2. The number of carbonyl (C=O) groups excluding carboxylic acids is 2. The Hall–Kier alpha value is -3.81. The van der Waals surface area contributed by atoms with Gasteiger partial charge in [0.15, 0.2) is 6.61 Å². The van der Waals surface area contributed by atoms with Gasteiger partial charge >= 0.3 is 0 Å². The quantitative estimate of drug-likeness (QED) is 0.613. The van der Waals surface area contributed by atoms with Crippen LogP contribution in [0.2, 0.25) is 0 Å². The van der Waals surface area contributed by atoms with Gasteiger partial charge in [0, 0.05) is 31.5 Å². The predicted octanol–water partition coefficient (Wildman–Crippen LogP) is 2.60. The average Bonchev–Trinajstić information content (AvgIpc) is 3.21. The van der Waals surface area contributed by atoms with Crippen LogP contribution in [0.25, 0.3) is 0 Å². The highest BCUT2D eigenvalue weighted by Gasteiger charge is 2.21. The lowest BCUT2D eigenvalue weighted by Gasteiger charge is -2.20. The molecule has 2 amide bonds. The Labute approximate surface area is 180 Å². The van der Waals surface area contributed by atoms with E-state index < -0.39 is 6.04 Å². The van der Waals surface area contributed by atoms with Crippen molar-refractivity contribution >= 4 is 17.5 Å². The van der Waals surface area contributed by atoms with Crippen molar-refractivity contribution in [2.45, 2.75) is 18.9 Å². The fourth-order valence-electron chi connectivity index (χ4n) is 3.55. The van der Waals surface area contributed by atoms with Gasteiger partial charge in [-0.05, 0) is 47.9 Å². The molecule has 0 saturated heterocycles. The molecule has 2 N–H and O–H groups in total. The van der Waals surface area contributed by atoms with E-state index in [4.69, 9.17) is 9.47 Å². The second-order valence-corrected chi connectivity index (χ2v) is 7.33. The normalized spacial score (nSPS) is 13.7. The Morgan fingerprint density at radius 2 is 1.97 bits per heavy atom. The molecule has 1 atom stereocenters. The lowest BCUT2D eigenvalue weighted by atomic mass is 10.0. The largest absolute Gasteiger partial charge is 0.497 e. The number of rotatable bonds is 7. The van der Waals surface area contributed by atoms with Gasteiger partial charge in [0.1, 0.15) is 23.4 Å². The third kappa shape index (κ3) is 4.69. The molecule has 160 valence electrons. The van der Waals surface area contributed by atoms with Crippen LogP contribution < -0.4 is 20.1 Å². The molecule has 2 heterocycles. The maximum Gasteiger partial charge on any atom is 0.258 e. The van der Waals surface area contributed by atoms with Gasteiger partial charge in [-0.1, -0.05) is 12.1 Å². The number of amides is 2. The number of fused-ring (bicyclic) bond motifs is 1. The van der Waals surface area contributed by atoms with E-state index in [1.807, 2.05) is 48.1 Å². The van der Waals surface area contributed by atoms with Gasteiger partial charge in [0.05, 0.1) is 7.11 Å². The van der Waals surface area contributed by atoms with Crippen molar-refractivity contribution in [1.29, 1.82) is 0 Å². The van der Waals surface area contributed by atoms with E-state index in [1.54, 1.807) is 25.4 Å². The molecule has 3 aromatic rings. The summed E-state index contributed by atoms with van der Waals surface area (Å²) in [5.74, 6) is 1.78. The van der Waals surface area contributed by atoms with E-state index in [0.29, 0.717) is 24.4 Å². The smallest absolute Gasteiger partial charge is 0.258 e. The number of anilines is 1. The molecule has 2 aromatic carbocycles. The summed E-state index contributed by atoms with van der Waals surface area (Å²) in [5.41, 5.74) is 2.68. The molecular formula is C23H24N4O4. The number of aryl methyl sites for hydroxylation is 2. The number of aromatic nitrogens is 2. The molecule has 0 saturated carbocycles. The molecular weight excluding hydrogens is 396 g/mol. The standard InChI is InChI=1S/C23H24N4O4/c1-27-12-11-24-23(27)22(15-3-6-17(30-2)7-4-15)26-21(29)14-31-18-8-9-19-16(13-18)5-10-20(28)25-19/h3-4,6-9,11-13,22H,5,10,14H2,1-2H3,(H,25,28)(H,26,29). The van der Waals surface area contributed by atoms with E-state index in [0.717, 1.165) is 22.6 Å². The van der Waals surface area contributed by atoms with E-state index in [2.05, 4.69) is 15.6 Å². The number of nitrogens with zero attached hydrogens (tertiary/aromatic N) is 2. The van der Waals surface area contributed by atoms with Crippen molar-refractivity contribution in [2.75, 3.05) is 19.0 Å². The van der Waals surface area contributed by atoms with Crippen molar-refractivity contribution in [2.24, 2.45) is 7.05 Å². The minimum absolute atomic E-state index is 0.0133. The van der Waals surface area contributed by atoms with Crippen LogP contribution in [0.15, 0.2) is 54.9 Å². The predicted molar refractivity (Wildman–Crippen MR) is 115 cm³/mol. The molecule has 0 fully saturated rings. The Kier molecular flexibility index (Phi) is 5.88. The fourth-order valence-corrected chi connectivity index (χ4v) is 3.55. The molecule has 1 unspecified atom stereocenters. The van der Waals surface area contributed by atoms with Crippen molar-refractivity contribution in [3.63, 3.8) is 0 Å². The van der Waals surface area contributed by atoms with Crippen LogP contribution in [-0.4, -0.2) is 35.1 Å². The zero-order valence-electron chi connectivity index (χ0n) is 17.4. The van der Waals surface area contributed by atoms with Gasteiger partial charge < -0.3 is 24.7 Å². The van der Waals surface area contributed by atoms with E-state index in [1.165, 1.54) is 0 Å². The van der Waals surface area contributed by atoms with Crippen LogP contribution in [0.1, 0.15) is 29.4 Å². The summed E-state index contributed by atoms with van der Waals surface area (Å²) >= 11 is 0. The molecule has 8 nitrogen and oxygen atoms in total. The number of ether oxygens (including phenoxy) is 2. The summed E-state index contributed by atoms with van der Waals surface area (Å²) in [5, 5.41) is 5.84. The maximum atomic E-state index is 12.7. The number of imidazole rings is 1. The molecule has 1 aliphatic rings. The van der Waals surface area contributed by atoms with Crippen molar-refractivity contribution in [1.82, 2.24) is 14.9 Å². The first-order valence-corrected chi connectivity index (χ1v) is 9.99. The fraction of sp³-hybridized carbons (Fsp3) is 0.261. The number of methoxy groups -OCH3 is 1. The lowest BCUT2D eigenvalue weighted by Crippen LogP contribution is -2.34. The van der Waals surface area contributed by atoms with Gasteiger partial charge in [-0.25, -0.2) is 4.98 Å². The third-order valence-corrected chi connectivity index (χ3v) is 5.21. The van der Waals surface area contributed by atoms with Crippen molar-refractivity contribution in [3.05, 3.63) is 71.8 Å². The number of benzene rings is 2. The van der Waals surface area contributed by atoms with Crippen LogP contribution >= 0.6 is 0 Å².